The fraction of sp³-hybridized carbons (Fsp3) is 0.467. The Bertz CT molecular complexity index is 609. The molecule has 1 unspecified atom stereocenters. The van der Waals surface area contributed by atoms with Crippen LogP contribution in [0.3, 0.4) is 0 Å². The van der Waals surface area contributed by atoms with E-state index >= 15 is 0 Å². The third kappa shape index (κ3) is 3.16. The van der Waals surface area contributed by atoms with Gasteiger partial charge in [0.1, 0.15) is 0 Å². The highest BCUT2D eigenvalue weighted by molar-refractivity contribution is 6.00. The molecule has 1 saturated heterocycles. The predicted molar refractivity (Wildman–Crippen MR) is 78.9 cm³/mol. The lowest BCUT2D eigenvalue weighted by Crippen LogP contribution is -2.35. The van der Waals surface area contributed by atoms with Gasteiger partial charge in [0, 0.05) is 56.0 Å². The standard InChI is InChI=1S/C15H20N4O2/c1-19-10-11(7-17-19)13-8-16-9-14(13)15(20)18-12-3-2-5-21-6-4-12/h7-10,12,16H,2-6H2,1H3,(H,18,20). The van der Waals surface area contributed by atoms with Crippen LogP contribution in [0.1, 0.15) is 29.6 Å². The maximum atomic E-state index is 12.5. The molecule has 6 nitrogen and oxygen atoms in total. The second-order valence-electron chi connectivity index (χ2n) is 5.40. The van der Waals surface area contributed by atoms with Crippen LogP contribution in [0.2, 0.25) is 0 Å². The summed E-state index contributed by atoms with van der Waals surface area (Å²) in [4.78, 5) is 15.5. The van der Waals surface area contributed by atoms with E-state index in [9.17, 15) is 4.79 Å². The number of nitrogens with one attached hydrogen (secondary N) is 2. The molecule has 0 radical (unpaired) electrons. The van der Waals surface area contributed by atoms with Crippen LogP contribution in [0, 0.1) is 0 Å². The molecule has 1 amide bonds. The number of amides is 1. The summed E-state index contributed by atoms with van der Waals surface area (Å²) < 4.78 is 7.15. The first kappa shape index (κ1) is 13.9. The summed E-state index contributed by atoms with van der Waals surface area (Å²) in [6.07, 6.45) is 10.1. The minimum atomic E-state index is -0.0398. The van der Waals surface area contributed by atoms with Crippen molar-refractivity contribution < 1.29 is 9.53 Å². The number of H-pyrrole nitrogens is 1. The summed E-state index contributed by atoms with van der Waals surface area (Å²) in [5, 5.41) is 7.27. The molecule has 0 aliphatic carbocycles. The monoisotopic (exact) mass is 288 g/mol. The lowest BCUT2D eigenvalue weighted by atomic mass is 10.1. The van der Waals surface area contributed by atoms with Gasteiger partial charge in [-0.1, -0.05) is 0 Å². The SMILES string of the molecule is Cn1cc(-c2c[nH]cc2C(=O)NC2CCCOCC2)cn1. The molecule has 1 aliphatic heterocycles. The fourth-order valence-corrected chi connectivity index (χ4v) is 2.66. The minimum Gasteiger partial charge on any atom is -0.381 e. The second-order valence-corrected chi connectivity index (χ2v) is 5.40. The highest BCUT2D eigenvalue weighted by Crippen LogP contribution is 2.23. The van der Waals surface area contributed by atoms with Crippen molar-refractivity contribution in [2.75, 3.05) is 13.2 Å². The van der Waals surface area contributed by atoms with Gasteiger partial charge in [-0.15, -0.1) is 0 Å². The molecule has 3 rings (SSSR count). The largest absolute Gasteiger partial charge is 0.381 e. The number of aromatic nitrogens is 3. The van der Waals surface area contributed by atoms with E-state index in [4.69, 9.17) is 4.74 Å². The number of aromatic amines is 1. The van der Waals surface area contributed by atoms with E-state index in [0.717, 1.165) is 37.0 Å². The Morgan fingerprint density at radius 1 is 1.43 bits per heavy atom. The fourth-order valence-electron chi connectivity index (χ4n) is 2.66. The van der Waals surface area contributed by atoms with Crippen LogP contribution in [-0.2, 0) is 11.8 Å². The van der Waals surface area contributed by atoms with E-state index in [0.29, 0.717) is 12.2 Å². The Labute approximate surface area is 123 Å². The lowest BCUT2D eigenvalue weighted by Gasteiger charge is -2.15. The van der Waals surface area contributed by atoms with Gasteiger partial charge in [0.05, 0.1) is 11.8 Å². The van der Waals surface area contributed by atoms with Crippen molar-refractivity contribution in [3.05, 3.63) is 30.4 Å². The lowest BCUT2D eigenvalue weighted by molar-refractivity contribution is 0.0930. The first-order chi connectivity index (χ1) is 10.2. The van der Waals surface area contributed by atoms with Gasteiger partial charge in [-0.05, 0) is 19.3 Å². The van der Waals surface area contributed by atoms with Gasteiger partial charge in [0.2, 0.25) is 0 Å². The molecule has 3 heterocycles. The average Bonchev–Trinajstić information content (AvgIpc) is 3.03. The quantitative estimate of drug-likeness (QED) is 0.903. The maximum absolute atomic E-state index is 12.5. The zero-order valence-electron chi connectivity index (χ0n) is 12.1. The summed E-state index contributed by atoms with van der Waals surface area (Å²) in [6.45, 7) is 1.50. The zero-order chi connectivity index (χ0) is 14.7. The number of carbonyl (C=O) groups is 1. The molecule has 6 heteroatoms. The highest BCUT2D eigenvalue weighted by Gasteiger charge is 2.19. The van der Waals surface area contributed by atoms with Gasteiger partial charge in [0.25, 0.3) is 5.91 Å². The van der Waals surface area contributed by atoms with E-state index < -0.39 is 0 Å². The molecular formula is C15H20N4O2. The number of hydrogen-bond acceptors (Lipinski definition) is 3. The third-order valence-corrected chi connectivity index (χ3v) is 3.79. The first-order valence-electron chi connectivity index (χ1n) is 7.28. The Morgan fingerprint density at radius 2 is 2.33 bits per heavy atom. The molecule has 1 fully saturated rings. The summed E-state index contributed by atoms with van der Waals surface area (Å²) in [5.74, 6) is -0.0398. The van der Waals surface area contributed by atoms with Crippen LogP contribution in [0.4, 0.5) is 0 Å². The van der Waals surface area contributed by atoms with Gasteiger partial charge in [-0.25, -0.2) is 0 Å². The Hall–Kier alpha value is -2.08. The van der Waals surface area contributed by atoms with Crippen LogP contribution in [0.25, 0.3) is 11.1 Å². The predicted octanol–water partition coefficient (Wildman–Crippen LogP) is 1.71. The van der Waals surface area contributed by atoms with Crippen molar-refractivity contribution in [2.24, 2.45) is 7.05 Å². The van der Waals surface area contributed by atoms with Crippen molar-refractivity contribution >= 4 is 5.91 Å². The Kier molecular flexibility index (Phi) is 4.06. The topological polar surface area (TPSA) is 71.9 Å². The van der Waals surface area contributed by atoms with Crippen molar-refractivity contribution in [1.82, 2.24) is 20.1 Å². The van der Waals surface area contributed by atoms with E-state index in [1.54, 1.807) is 17.1 Å². The van der Waals surface area contributed by atoms with E-state index in [1.165, 1.54) is 0 Å². The van der Waals surface area contributed by atoms with Crippen LogP contribution in [0.5, 0.6) is 0 Å². The molecule has 2 aromatic rings. The number of aryl methyl sites for hydroxylation is 1. The molecule has 1 aliphatic rings. The van der Waals surface area contributed by atoms with Crippen molar-refractivity contribution in [3.63, 3.8) is 0 Å². The van der Waals surface area contributed by atoms with E-state index in [-0.39, 0.29) is 11.9 Å². The van der Waals surface area contributed by atoms with Gasteiger partial charge >= 0.3 is 0 Å². The number of hydrogen-bond donors (Lipinski definition) is 2. The second kappa shape index (κ2) is 6.13. The van der Waals surface area contributed by atoms with Crippen LogP contribution in [-0.4, -0.2) is 39.9 Å². The van der Waals surface area contributed by atoms with Crippen molar-refractivity contribution in [3.8, 4) is 11.1 Å². The molecule has 0 spiro atoms. The molecule has 0 bridgehead atoms. The third-order valence-electron chi connectivity index (χ3n) is 3.79. The summed E-state index contributed by atoms with van der Waals surface area (Å²) >= 11 is 0. The molecular weight excluding hydrogens is 268 g/mol. The molecule has 1 atom stereocenters. The highest BCUT2D eigenvalue weighted by atomic mass is 16.5. The number of carbonyl (C=O) groups excluding carboxylic acids is 1. The van der Waals surface area contributed by atoms with Gasteiger partial charge < -0.3 is 15.0 Å². The molecule has 21 heavy (non-hydrogen) atoms. The number of rotatable bonds is 3. The van der Waals surface area contributed by atoms with E-state index in [1.807, 2.05) is 19.4 Å². The van der Waals surface area contributed by atoms with Crippen LogP contribution < -0.4 is 5.32 Å². The molecule has 2 aromatic heterocycles. The molecule has 0 saturated carbocycles. The maximum Gasteiger partial charge on any atom is 0.253 e. The smallest absolute Gasteiger partial charge is 0.253 e. The summed E-state index contributed by atoms with van der Waals surface area (Å²) in [7, 11) is 1.86. The van der Waals surface area contributed by atoms with Gasteiger partial charge in [-0.3, -0.25) is 9.48 Å². The van der Waals surface area contributed by atoms with Gasteiger partial charge in [0.15, 0.2) is 0 Å². The Balaban J connectivity index is 1.74. The normalized spacial score (nSPS) is 19.2. The zero-order valence-corrected chi connectivity index (χ0v) is 12.1. The van der Waals surface area contributed by atoms with Crippen LogP contribution in [0.15, 0.2) is 24.8 Å². The number of nitrogens with zero attached hydrogens (tertiary/aromatic N) is 2. The van der Waals surface area contributed by atoms with Crippen LogP contribution >= 0.6 is 0 Å². The molecule has 0 aromatic carbocycles. The molecule has 2 N–H and O–H groups in total. The molecule has 112 valence electrons. The Morgan fingerprint density at radius 3 is 3.14 bits per heavy atom. The number of ether oxygens (including phenoxy) is 1. The van der Waals surface area contributed by atoms with Crippen molar-refractivity contribution in [1.29, 1.82) is 0 Å². The average molecular weight is 288 g/mol. The van der Waals surface area contributed by atoms with E-state index in [2.05, 4.69) is 15.4 Å². The summed E-state index contributed by atoms with van der Waals surface area (Å²) in [5.41, 5.74) is 2.48. The first-order valence-corrected chi connectivity index (χ1v) is 7.28. The van der Waals surface area contributed by atoms with Crippen molar-refractivity contribution in [2.45, 2.75) is 25.3 Å². The summed E-state index contributed by atoms with van der Waals surface area (Å²) in [6, 6.07) is 0.191. The minimum absolute atomic E-state index is 0.0398. The van der Waals surface area contributed by atoms with Gasteiger partial charge in [-0.2, -0.15) is 5.10 Å².